The summed E-state index contributed by atoms with van der Waals surface area (Å²) in [5, 5.41) is 2.81. The Kier molecular flexibility index (Phi) is 10.2. The maximum absolute atomic E-state index is 11.7. The van der Waals surface area contributed by atoms with Gasteiger partial charge in [0.05, 0.1) is 0 Å². The van der Waals surface area contributed by atoms with Gasteiger partial charge >= 0.3 is 0 Å². The van der Waals surface area contributed by atoms with Gasteiger partial charge in [-0.2, -0.15) is 0 Å². The van der Waals surface area contributed by atoms with Crippen molar-refractivity contribution in [3.63, 3.8) is 0 Å². The molecule has 0 saturated heterocycles. The molecule has 3 nitrogen and oxygen atoms in total. The van der Waals surface area contributed by atoms with E-state index in [0.717, 1.165) is 12.0 Å². The molecule has 1 N–H and O–H groups in total. The molecule has 1 aromatic rings. The highest BCUT2D eigenvalue weighted by molar-refractivity contribution is 6.45. The molecule has 0 spiro atoms. The number of rotatable bonds is 6. The van der Waals surface area contributed by atoms with Gasteiger partial charge in [-0.25, -0.2) is 0 Å². The average molecular weight is 304 g/mol. The number of nitrogens with one attached hydrogen (secondary N) is 1. The van der Waals surface area contributed by atoms with Crippen LogP contribution < -0.4 is 5.32 Å². The fraction of sp³-hybridized carbons (Fsp3) is 0.579. The van der Waals surface area contributed by atoms with Crippen molar-refractivity contribution < 1.29 is 4.79 Å². The van der Waals surface area contributed by atoms with Crippen LogP contribution in [-0.4, -0.2) is 25.2 Å². The second-order valence-electron chi connectivity index (χ2n) is 6.07. The molecule has 0 saturated carbocycles. The van der Waals surface area contributed by atoms with Gasteiger partial charge in [-0.05, 0) is 11.8 Å². The molecule has 0 aliphatic heterocycles. The van der Waals surface area contributed by atoms with Crippen molar-refractivity contribution in [2.45, 2.75) is 53.9 Å². The van der Waals surface area contributed by atoms with E-state index in [4.69, 9.17) is 0 Å². The smallest absolute Gasteiger partial charge is 0.270 e. The molecule has 1 aromatic carbocycles. The number of carbonyl (C=O) groups excluding carboxylic acids is 1. The van der Waals surface area contributed by atoms with E-state index in [2.05, 4.69) is 38.0 Å². The first kappa shape index (κ1) is 20.4. The third-order valence-corrected chi connectivity index (χ3v) is 3.94. The molecular weight excluding hydrogens is 272 g/mol. The predicted molar refractivity (Wildman–Crippen MR) is 96.6 cm³/mol. The fourth-order valence-corrected chi connectivity index (χ4v) is 1.53. The average Bonchev–Trinajstić information content (AvgIpc) is 2.55. The van der Waals surface area contributed by atoms with Crippen LogP contribution in [0.25, 0.3) is 0 Å². The number of hydrogen-bond acceptors (Lipinski definition) is 2. The summed E-state index contributed by atoms with van der Waals surface area (Å²) < 4.78 is 0. The maximum Gasteiger partial charge on any atom is 0.270 e. The van der Waals surface area contributed by atoms with Crippen LogP contribution in [0.3, 0.4) is 0 Å². The lowest BCUT2D eigenvalue weighted by molar-refractivity contribution is -0.114. The minimum absolute atomic E-state index is 0.106. The quantitative estimate of drug-likeness (QED) is 0.774. The minimum Gasteiger partial charge on any atom is -0.351 e. The molecule has 0 fully saturated rings. The summed E-state index contributed by atoms with van der Waals surface area (Å²) in [6.07, 6.45) is 3.52. The van der Waals surface area contributed by atoms with Crippen molar-refractivity contribution in [2.24, 2.45) is 10.4 Å². The first-order valence-electron chi connectivity index (χ1n) is 8.22. The monoisotopic (exact) mass is 304 g/mol. The summed E-state index contributed by atoms with van der Waals surface area (Å²) >= 11 is 0. The van der Waals surface area contributed by atoms with Crippen molar-refractivity contribution in [3.05, 3.63) is 35.9 Å². The van der Waals surface area contributed by atoms with Crippen LogP contribution >= 0.6 is 0 Å². The molecule has 1 amide bonds. The number of aliphatic imine (C=N–C) groups is 1. The van der Waals surface area contributed by atoms with Crippen LogP contribution in [0.15, 0.2) is 35.3 Å². The van der Waals surface area contributed by atoms with Crippen LogP contribution in [0.5, 0.6) is 0 Å². The summed E-state index contributed by atoms with van der Waals surface area (Å²) in [7, 11) is 1.63. The number of amides is 1. The van der Waals surface area contributed by atoms with Gasteiger partial charge in [0.1, 0.15) is 5.71 Å². The van der Waals surface area contributed by atoms with Gasteiger partial charge in [-0.1, -0.05) is 77.8 Å². The van der Waals surface area contributed by atoms with E-state index in [1.807, 2.05) is 37.3 Å². The first-order chi connectivity index (χ1) is 10.4. The SMILES string of the molecule is CCC(C)(C)CC.CCCNC(=O)C(=NC)c1ccccc1. The molecule has 0 heterocycles. The second kappa shape index (κ2) is 11.0. The molecule has 0 aliphatic carbocycles. The van der Waals surface area contributed by atoms with Gasteiger partial charge in [0.25, 0.3) is 5.91 Å². The Morgan fingerprint density at radius 1 is 1.09 bits per heavy atom. The van der Waals surface area contributed by atoms with Crippen LogP contribution in [0.1, 0.15) is 59.4 Å². The van der Waals surface area contributed by atoms with Gasteiger partial charge < -0.3 is 5.32 Å². The summed E-state index contributed by atoms with van der Waals surface area (Å²) in [6.45, 7) is 11.8. The fourth-order valence-electron chi connectivity index (χ4n) is 1.53. The molecule has 0 aliphatic rings. The van der Waals surface area contributed by atoms with Crippen molar-refractivity contribution in [2.75, 3.05) is 13.6 Å². The maximum atomic E-state index is 11.7. The van der Waals surface area contributed by atoms with Gasteiger partial charge in [-0.15, -0.1) is 0 Å². The van der Waals surface area contributed by atoms with Gasteiger partial charge in [0, 0.05) is 19.2 Å². The zero-order valence-corrected chi connectivity index (χ0v) is 15.1. The van der Waals surface area contributed by atoms with Crippen molar-refractivity contribution in [1.29, 1.82) is 0 Å². The Morgan fingerprint density at radius 3 is 2.00 bits per heavy atom. The van der Waals surface area contributed by atoms with E-state index in [1.165, 1.54) is 12.8 Å². The number of benzene rings is 1. The molecule has 0 bridgehead atoms. The first-order valence-corrected chi connectivity index (χ1v) is 8.22. The molecule has 0 radical (unpaired) electrons. The molecule has 1 rings (SSSR count). The standard InChI is InChI=1S/C12H16N2O.C7H16/c1-3-9-14-12(15)11(13-2)10-7-5-4-6-8-10;1-5-7(3,4)6-2/h4-8H,3,9H2,1-2H3,(H,14,15);5-6H2,1-4H3. The minimum atomic E-state index is -0.106. The van der Waals surface area contributed by atoms with Crippen LogP contribution in [0.4, 0.5) is 0 Å². The van der Waals surface area contributed by atoms with Crippen LogP contribution in [-0.2, 0) is 4.79 Å². The molecule has 0 unspecified atom stereocenters. The Morgan fingerprint density at radius 2 is 1.64 bits per heavy atom. The highest BCUT2D eigenvalue weighted by Gasteiger charge is 2.11. The Bertz CT molecular complexity index is 444. The lowest BCUT2D eigenvalue weighted by Crippen LogP contribution is -2.32. The van der Waals surface area contributed by atoms with Gasteiger partial charge in [0.2, 0.25) is 0 Å². The van der Waals surface area contributed by atoms with E-state index in [-0.39, 0.29) is 5.91 Å². The number of nitrogens with zero attached hydrogens (tertiary/aromatic N) is 1. The van der Waals surface area contributed by atoms with Crippen molar-refractivity contribution in [3.8, 4) is 0 Å². The lowest BCUT2D eigenvalue weighted by Gasteiger charge is -2.18. The summed E-state index contributed by atoms with van der Waals surface area (Å²) in [4.78, 5) is 15.7. The highest BCUT2D eigenvalue weighted by atomic mass is 16.1. The van der Waals surface area contributed by atoms with E-state index < -0.39 is 0 Å². The highest BCUT2D eigenvalue weighted by Crippen LogP contribution is 2.22. The van der Waals surface area contributed by atoms with Gasteiger partial charge in [-0.3, -0.25) is 9.79 Å². The summed E-state index contributed by atoms with van der Waals surface area (Å²) in [6, 6.07) is 9.48. The zero-order chi connectivity index (χ0) is 17.0. The van der Waals surface area contributed by atoms with Crippen molar-refractivity contribution >= 4 is 11.6 Å². The third-order valence-electron chi connectivity index (χ3n) is 3.94. The lowest BCUT2D eigenvalue weighted by atomic mass is 9.88. The summed E-state index contributed by atoms with van der Waals surface area (Å²) in [5.74, 6) is -0.106. The van der Waals surface area contributed by atoms with Crippen LogP contribution in [0.2, 0.25) is 0 Å². The molecule has 3 heteroatoms. The van der Waals surface area contributed by atoms with E-state index in [9.17, 15) is 4.79 Å². The van der Waals surface area contributed by atoms with E-state index >= 15 is 0 Å². The van der Waals surface area contributed by atoms with Gasteiger partial charge in [0.15, 0.2) is 0 Å². The number of carbonyl (C=O) groups is 1. The molecular formula is C19H32N2O. The molecule has 0 aromatic heterocycles. The Labute approximate surface area is 136 Å². The zero-order valence-electron chi connectivity index (χ0n) is 15.1. The number of hydrogen-bond donors (Lipinski definition) is 1. The molecule has 22 heavy (non-hydrogen) atoms. The summed E-state index contributed by atoms with van der Waals surface area (Å²) in [5.41, 5.74) is 1.93. The normalized spacial score (nSPS) is 11.5. The van der Waals surface area contributed by atoms with Crippen molar-refractivity contribution in [1.82, 2.24) is 5.32 Å². The Hall–Kier alpha value is -1.64. The van der Waals surface area contributed by atoms with E-state index in [1.54, 1.807) is 7.05 Å². The molecule has 0 atom stereocenters. The Balaban J connectivity index is 0.000000534. The topological polar surface area (TPSA) is 41.5 Å². The third kappa shape index (κ3) is 7.96. The van der Waals surface area contributed by atoms with E-state index in [0.29, 0.717) is 17.7 Å². The van der Waals surface area contributed by atoms with Crippen LogP contribution in [0, 0.1) is 5.41 Å². The second-order valence-corrected chi connectivity index (χ2v) is 6.07. The predicted octanol–water partition coefficient (Wildman–Crippen LogP) is 4.46. The molecule has 124 valence electrons. The largest absolute Gasteiger partial charge is 0.351 e.